The second-order valence-corrected chi connectivity index (χ2v) is 5.84. The van der Waals surface area contributed by atoms with E-state index in [0.29, 0.717) is 6.54 Å². The van der Waals surface area contributed by atoms with E-state index >= 15 is 0 Å². The molecule has 3 rings (SSSR count). The van der Waals surface area contributed by atoms with Gasteiger partial charge in [0.2, 0.25) is 5.91 Å². The summed E-state index contributed by atoms with van der Waals surface area (Å²) < 4.78 is 2.00. The first-order valence-electron chi connectivity index (χ1n) is 8.13. The van der Waals surface area contributed by atoms with E-state index in [4.69, 9.17) is 0 Å². The molecule has 1 aliphatic rings. The van der Waals surface area contributed by atoms with Crippen LogP contribution in [0.5, 0.6) is 0 Å². The van der Waals surface area contributed by atoms with Crippen molar-refractivity contribution in [2.45, 2.75) is 39.5 Å². The van der Waals surface area contributed by atoms with E-state index in [1.165, 1.54) is 29.5 Å². The first kappa shape index (κ1) is 17.0. The summed E-state index contributed by atoms with van der Waals surface area (Å²) in [5, 5.41) is 1.28. The van der Waals surface area contributed by atoms with Gasteiger partial charge < -0.3 is 0 Å². The van der Waals surface area contributed by atoms with Gasteiger partial charge in [0.1, 0.15) is 0 Å². The number of para-hydroxylation sites is 1. The van der Waals surface area contributed by atoms with Crippen LogP contribution in [0.25, 0.3) is 10.9 Å². The van der Waals surface area contributed by atoms with Crippen molar-refractivity contribution in [3.63, 3.8) is 0 Å². The molecule has 0 amide bonds. The van der Waals surface area contributed by atoms with Crippen LogP contribution in [0.1, 0.15) is 42.7 Å². The number of benzene rings is 1. The quantitative estimate of drug-likeness (QED) is 0.853. The highest BCUT2D eigenvalue weighted by atomic mass is 35.5. The zero-order chi connectivity index (χ0) is 14.8. The van der Waals surface area contributed by atoms with Gasteiger partial charge in [-0.3, -0.25) is 14.3 Å². The fraction of sp³-hybridized carbons (Fsp3) is 0.500. The molecule has 0 spiro atoms. The average Bonchev–Trinajstić information content (AvgIpc) is 2.87. The largest absolute Gasteiger partial charge is 0.295 e. The van der Waals surface area contributed by atoms with Gasteiger partial charge in [0.05, 0.1) is 12.1 Å². The summed E-state index contributed by atoms with van der Waals surface area (Å²) in [5.74, 6) is 0.220. The van der Waals surface area contributed by atoms with Crippen LogP contribution in [-0.2, 0) is 12.8 Å². The molecule has 120 valence electrons. The Labute approximate surface area is 138 Å². The van der Waals surface area contributed by atoms with Gasteiger partial charge in [-0.15, -0.1) is 12.4 Å². The lowest BCUT2D eigenvalue weighted by atomic mass is 9.95. The molecule has 0 fully saturated rings. The van der Waals surface area contributed by atoms with Crippen molar-refractivity contribution in [1.82, 2.24) is 9.47 Å². The molecule has 4 heteroatoms. The Balaban J connectivity index is 0.00000176. The number of aromatic nitrogens is 1. The maximum Gasteiger partial charge on any atom is 0.245 e. The normalized spacial score (nSPS) is 14.0. The Kier molecular flexibility index (Phi) is 5.65. The summed E-state index contributed by atoms with van der Waals surface area (Å²) in [4.78, 5) is 15.0. The highest BCUT2D eigenvalue weighted by Crippen LogP contribution is 2.32. The van der Waals surface area contributed by atoms with Crippen molar-refractivity contribution in [3.8, 4) is 0 Å². The summed E-state index contributed by atoms with van der Waals surface area (Å²) in [6.45, 7) is 6.57. The van der Waals surface area contributed by atoms with Crippen LogP contribution in [0.4, 0.5) is 0 Å². The van der Waals surface area contributed by atoms with Gasteiger partial charge in [-0.1, -0.05) is 32.0 Å². The smallest absolute Gasteiger partial charge is 0.245 e. The monoisotopic (exact) mass is 320 g/mol. The van der Waals surface area contributed by atoms with E-state index < -0.39 is 0 Å². The fourth-order valence-electron chi connectivity index (χ4n) is 3.49. The van der Waals surface area contributed by atoms with Crippen molar-refractivity contribution in [1.29, 1.82) is 0 Å². The lowest BCUT2D eigenvalue weighted by molar-refractivity contribution is 0.0856. The minimum atomic E-state index is 0. The second-order valence-electron chi connectivity index (χ2n) is 5.84. The molecule has 1 heterocycles. The van der Waals surface area contributed by atoms with Gasteiger partial charge in [-0.25, -0.2) is 0 Å². The van der Waals surface area contributed by atoms with E-state index in [-0.39, 0.29) is 18.3 Å². The topological polar surface area (TPSA) is 25.2 Å². The van der Waals surface area contributed by atoms with Crippen molar-refractivity contribution in [2.24, 2.45) is 0 Å². The molecule has 22 heavy (non-hydrogen) atoms. The van der Waals surface area contributed by atoms with Crippen molar-refractivity contribution < 1.29 is 4.79 Å². The summed E-state index contributed by atoms with van der Waals surface area (Å²) >= 11 is 0. The van der Waals surface area contributed by atoms with Gasteiger partial charge in [0.15, 0.2) is 0 Å². The molecule has 0 bridgehead atoms. The Morgan fingerprint density at radius 1 is 1.14 bits per heavy atom. The molecule has 1 aromatic heterocycles. The number of rotatable bonds is 4. The molecule has 0 N–H and O–H groups in total. The molecule has 0 saturated carbocycles. The van der Waals surface area contributed by atoms with E-state index in [1.807, 2.05) is 10.6 Å². The van der Waals surface area contributed by atoms with E-state index in [9.17, 15) is 4.79 Å². The summed E-state index contributed by atoms with van der Waals surface area (Å²) in [5.41, 5.74) is 3.77. The van der Waals surface area contributed by atoms with Gasteiger partial charge in [0.25, 0.3) is 0 Å². The van der Waals surface area contributed by atoms with E-state index in [1.54, 1.807) is 0 Å². The maximum absolute atomic E-state index is 12.8. The van der Waals surface area contributed by atoms with Gasteiger partial charge in [0, 0.05) is 11.1 Å². The summed E-state index contributed by atoms with van der Waals surface area (Å²) in [6, 6.07) is 8.37. The number of aryl methyl sites for hydroxylation is 1. The Morgan fingerprint density at radius 3 is 2.55 bits per heavy atom. The molecule has 3 nitrogen and oxygen atoms in total. The van der Waals surface area contributed by atoms with Crippen molar-refractivity contribution in [3.05, 3.63) is 35.5 Å². The standard InChI is InChI=1S/C18H24N2O.ClH/c1-3-19(4-2)13-18(21)20-16-11-7-5-9-14(16)15-10-6-8-12-17(15)20;/h5,7,9,11H,3-4,6,8,10,12-13H2,1-2H3;1H. The molecule has 0 atom stereocenters. The van der Waals surface area contributed by atoms with Gasteiger partial charge in [-0.05, 0) is 50.4 Å². The number of hydrogen-bond acceptors (Lipinski definition) is 2. The molecular formula is C18H25ClN2O. The molecule has 0 radical (unpaired) electrons. The molecular weight excluding hydrogens is 296 g/mol. The molecule has 0 saturated heterocycles. The zero-order valence-electron chi connectivity index (χ0n) is 13.5. The highest BCUT2D eigenvalue weighted by Gasteiger charge is 2.23. The molecule has 2 aromatic rings. The minimum absolute atomic E-state index is 0. The van der Waals surface area contributed by atoms with E-state index in [0.717, 1.165) is 31.4 Å². The predicted octanol–water partition coefficient (Wildman–Crippen LogP) is 3.92. The van der Waals surface area contributed by atoms with Gasteiger partial charge in [-0.2, -0.15) is 0 Å². The summed E-state index contributed by atoms with van der Waals surface area (Å²) in [6.07, 6.45) is 4.59. The number of halogens is 1. The number of fused-ring (bicyclic) bond motifs is 3. The van der Waals surface area contributed by atoms with E-state index in [2.05, 4.69) is 36.9 Å². The Hall–Kier alpha value is -1.32. The maximum atomic E-state index is 12.8. The Bertz CT molecular complexity index is 658. The summed E-state index contributed by atoms with van der Waals surface area (Å²) in [7, 11) is 0. The van der Waals surface area contributed by atoms with Crippen LogP contribution < -0.4 is 0 Å². The first-order valence-corrected chi connectivity index (χ1v) is 8.13. The minimum Gasteiger partial charge on any atom is -0.295 e. The number of nitrogens with zero attached hydrogens (tertiary/aromatic N) is 2. The van der Waals surface area contributed by atoms with Crippen LogP contribution in [-0.4, -0.2) is 35.0 Å². The Morgan fingerprint density at radius 2 is 1.82 bits per heavy atom. The van der Waals surface area contributed by atoms with Crippen LogP contribution >= 0.6 is 12.4 Å². The number of likely N-dealkylation sites (N-methyl/N-ethyl adjacent to an activating group) is 1. The van der Waals surface area contributed by atoms with Gasteiger partial charge >= 0.3 is 0 Å². The lowest BCUT2D eigenvalue weighted by Crippen LogP contribution is -2.33. The highest BCUT2D eigenvalue weighted by molar-refractivity contribution is 5.97. The number of hydrogen-bond donors (Lipinski definition) is 0. The number of carbonyl (C=O) groups is 1. The van der Waals surface area contributed by atoms with Crippen molar-refractivity contribution in [2.75, 3.05) is 19.6 Å². The van der Waals surface area contributed by atoms with Crippen LogP contribution in [0.15, 0.2) is 24.3 Å². The SMILES string of the molecule is CCN(CC)CC(=O)n1c2c(c3ccccc31)CCCC2.Cl. The fourth-order valence-corrected chi connectivity index (χ4v) is 3.49. The second kappa shape index (κ2) is 7.30. The third-order valence-electron chi connectivity index (χ3n) is 4.68. The third kappa shape index (κ3) is 2.92. The number of carbonyl (C=O) groups excluding carboxylic acids is 1. The third-order valence-corrected chi connectivity index (χ3v) is 4.68. The molecule has 0 unspecified atom stereocenters. The molecule has 0 aliphatic heterocycles. The molecule has 1 aliphatic carbocycles. The van der Waals surface area contributed by atoms with Crippen LogP contribution in [0.3, 0.4) is 0 Å². The predicted molar refractivity (Wildman–Crippen MR) is 94.2 cm³/mol. The van der Waals surface area contributed by atoms with Crippen LogP contribution in [0, 0.1) is 0 Å². The first-order chi connectivity index (χ1) is 10.3. The molecule has 1 aromatic carbocycles. The van der Waals surface area contributed by atoms with Crippen molar-refractivity contribution >= 4 is 29.2 Å². The lowest BCUT2D eigenvalue weighted by Gasteiger charge is -2.20. The van der Waals surface area contributed by atoms with Crippen LogP contribution in [0.2, 0.25) is 0 Å². The zero-order valence-corrected chi connectivity index (χ0v) is 14.3. The average molecular weight is 321 g/mol.